The minimum Gasteiger partial charge on any atom is -0.652 e. The fraction of sp³-hybridized carbons (Fsp3) is 0.800. The molecule has 62 valence electrons. The van der Waals surface area contributed by atoms with E-state index in [0.717, 1.165) is 13.1 Å². The van der Waals surface area contributed by atoms with Crippen LogP contribution >= 0.6 is 0 Å². The Kier molecular flexibility index (Phi) is 38.1. The van der Waals surface area contributed by atoms with E-state index in [0.29, 0.717) is 0 Å². The van der Waals surface area contributed by atoms with Crippen molar-refractivity contribution in [3.05, 3.63) is 0 Å². The van der Waals surface area contributed by atoms with E-state index in [1.165, 1.54) is 5.06 Å². The van der Waals surface area contributed by atoms with Crippen molar-refractivity contribution in [2.75, 3.05) is 13.1 Å². The Morgan fingerprint density at radius 1 is 1.25 bits per heavy atom. The molecule has 0 aliphatic heterocycles. The summed E-state index contributed by atoms with van der Waals surface area (Å²) >= 11 is 0. The van der Waals surface area contributed by atoms with Crippen LogP contribution in [0, 0.1) is 0 Å². The molecule has 7 heteroatoms. The number of hydroxylamine groups is 2. The van der Waals surface area contributed by atoms with Crippen molar-refractivity contribution < 1.29 is 123 Å². The van der Waals surface area contributed by atoms with E-state index in [1.807, 2.05) is 13.8 Å². The van der Waals surface area contributed by atoms with E-state index < -0.39 is 6.16 Å². The second-order valence-electron chi connectivity index (χ2n) is 1.39. The fourth-order valence-corrected chi connectivity index (χ4v) is 0.224. The molecule has 1 N–H and O–H groups in total. The van der Waals surface area contributed by atoms with Gasteiger partial charge in [-0.1, -0.05) is 13.8 Å². The number of nitrogens with zero attached hydrogens (tertiary/aromatic N) is 1. The average molecular weight is 227 g/mol. The number of rotatable bonds is 2. The summed E-state index contributed by atoms with van der Waals surface area (Å²) in [5, 5.41) is 26.4. The van der Waals surface area contributed by atoms with Crippen molar-refractivity contribution in [3.8, 4) is 0 Å². The smallest absolute Gasteiger partial charge is 0.652 e. The van der Waals surface area contributed by atoms with Crippen molar-refractivity contribution in [1.82, 2.24) is 5.06 Å². The first kappa shape index (κ1) is 23.9. The van der Waals surface area contributed by atoms with Gasteiger partial charge in [0.1, 0.15) is 0 Å². The zero-order valence-corrected chi connectivity index (χ0v) is 14.3. The fourth-order valence-electron chi connectivity index (χ4n) is 0.224. The Balaban J connectivity index is -0.0000000483. The van der Waals surface area contributed by atoms with Crippen LogP contribution in [-0.4, -0.2) is 29.5 Å². The first-order chi connectivity index (χ1) is 4.54. The summed E-state index contributed by atoms with van der Waals surface area (Å²) in [6.45, 7) is 5.25. The summed E-state index contributed by atoms with van der Waals surface area (Å²) in [5.41, 5.74) is 0. The number of hydrogen-bond donors (Lipinski definition) is 1. The van der Waals surface area contributed by atoms with Crippen LogP contribution in [0.25, 0.3) is 0 Å². The number of hydrogen-bond acceptors (Lipinski definition) is 5. The van der Waals surface area contributed by atoms with E-state index in [1.54, 1.807) is 0 Å². The van der Waals surface area contributed by atoms with Gasteiger partial charge in [-0.05, 0) is 6.16 Å². The Hall–Kier alpha value is 2.46. The van der Waals surface area contributed by atoms with Crippen molar-refractivity contribution in [1.29, 1.82) is 0 Å². The van der Waals surface area contributed by atoms with Crippen molar-refractivity contribution in [3.63, 3.8) is 0 Å². The van der Waals surface area contributed by atoms with Crippen LogP contribution in [0.15, 0.2) is 0 Å². The summed E-state index contributed by atoms with van der Waals surface area (Å²) in [6, 6.07) is 0. The maximum absolute atomic E-state index is 8.50. The molecule has 0 aliphatic rings. The third-order valence-corrected chi connectivity index (χ3v) is 0.730. The van der Waals surface area contributed by atoms with E-state index in [2.05, 4.69) is 0 Å². The second kappa shape index (κ2) is 19.1. The molecule has 0 heterocycles. The van der Waals surface area contributed by atoms with Gasteiger partial charge in [0.15, 0.2) is 0 Å². The van der Waals surface area contributed by atoms with Gasteiger partial charge in [0.2, 0.25) is 0 Å². The Labute approximate surface area is 157 Å². The van der Waals surface area contributed by atoms with Gasteiger partial charge in [-0.25, -0.2) is 0 Å². The summed E-state index contributed by atoms with van der Waals surface area (Å²) in [6.07, 6.45) is -2.33. The molecular formula is C5H11K2NO4. The Bertz CT molecular complexity index is 85.5. The number of carbonyl (C=O) groups excluding carboxylic acids is 1. The van der Waals surface area contributed by atoms with Crippen molar-refractivity contribution in [2.24, 2.45) is 0 Å². The molecule has 0 aromatic heterocycles. The maximum Gasteiger partial charge on any atom is 1.00 e. The Morgan fingerprint density at radius 2 is 1.42 bits per heavy atom. The molecule has 0 radical (unpaired) electrons. The zero-order valence-electron chi connectivity index (χ0n) is 8.03. The molecule has 0 amide bonds. The van der Waals surface area contributed by atoms with Crippen LogP contribution in [0.1, 0.15) is 13.8 Å². The molecule has 0 saturated heterocycles. The van der Waals surface area contributed by atoms with Gasteiger partial charge in [0, 0.05) is 13.1 Å². The molecule has 0 saturated carbocycles. The maximum atomic E-state index is 8.50. The third-order valence-electron chi connectivity index (χ3n) is 0.730. The van der Waals surface area contributed by atoms with Gasteiger partial charge in [-0.2, -0.15) is 5.06 Å². The van der Waals surface area contributed by atoms with Crippen LogP contribution in [0.2, 0.25) is 0 Å². The molecule has 5 nitrogen and oxygen atoms in total. The predicted octanol–water partition coefficient (Wildman–Crippen LogP) is -7.72. The molecular weight excluding hydrogens is 216 g/mol. The largest absolute Gasteiger partial charge is 1.00 e. The standard InChI is InChI=1S/C4H11NO.CH2O3.2K/c1-3-5(6)4-2;2-1(3)4;;/h6H,3-4H2,1-2H3;(H2,2,3,4);;/q;;2*+1/p-2. The minimum atomic E-state index is -2.33. The van der Waals surface area contributed by atoms with E-state index in [4.69, 9.17) is 20.2 Å². The summed E-state index contributed by atoms with van der Waals surface area (Å²) in [5.74, 6) is 0. The molecule has 12 heavy (non-hydrogen) atoms. The second-order valence-corrected chi connectivity index (χ2v) is 1.39. The van der Waals surface area contributed by atoms with Crippen LogP contribution in [0.3, 0.4) is 0 Å². The predicted molar refractivity (Wildman–Crippen MR) is 30.1 cm³/mol. The molecule has 0 bridgehead atoms. The summed E-state index contributed by atoms with van der Waals surface area (Å²) in [4.78, 5) is 8.33. The molecule has 0 atom stereocenters. The topological polar surface area (TPSA) is 86.7 Å². The molecule has 0 spiro atoms. The monoisotopic (exact) mass is 227 g/mol. The van der Waals surface area contributed by atoms with Crippen LogP contribution in [-0.2, 0) is 0 Å². The van der Waals surface area contributed by atoms with Crippen LogP contribution in [0.5, 0.6) is 0 Å². The van der Waals surface area contributed by atoms with Crippen molar-refractivity contribution >= 4 is 6.16 Å². The van der Waals surface area contributed by atoms with Gasteiger partial charge in [-0.3, -0.25) is 0 Å². The summed E-state index contributed by atoms with van der Waals surface area (Å²) in [7, 11) is 0. The molecule has 0 unspecified atom stereocenters. The average Bonchev–Trinajstić information content (AvgIpc) is 1.85. The van der Waals surface area contributed by atoms with Crippen LogP contribution in [0.4, 0.5) is 4.79 Å². The van der Waals surface area contributed by atoms with Gasteiger partial charge in [0.25, 0.3) is 0 Å². The third kappa shape index (κ3) is 39.2. The van der Waals surface area contributed by atoms with Gasteiger partial charge in [0.05, 0.1) is 0 Å². The van der Waals surface area contributed by atoms with Gasteiger partial charge < -0.3 is 20.2 Å². The van der Waals surface area contributed by atoms with E-state index in [9.17, 15) is 0 Å². The summed E-state index contributed by atoms with van der Waals surface area (Å²) < 4.78 is 0. The molecule has 0 fully saturated rings. The minimum absolute atomic E-state index is 0. The normalized spacial score (nSPS) is 7.00. The van der Waals surface area contributed by atoms with E-state index >= 15 is 0 Å². The van der Waals surface area contributed by atoms with Gasteiger partial charge in [-0.15, -0.1) is 0 Å². The quantitative estimate of drug-likeness (QED) is 0.374. The first-order valence-corrected chi connectivity index (χ1v) is 2.86. The zero-order chi connectivity index (χ0) is 8.57. The number of carbonyl (C=O) groups is 1. The van der Waals surface area contributed by atoms with E-state index in [-0.39, 0.29) is 103 Å². The molecule has 0 rings (SSSR count). The molecule has 0 aliphatic carbocycles. The van der Waals surface area contributed by atoms with Crippen LogP contribution < -0.4 is 113 Å². The van der Waals surface area contributed by atoms with Crippen molar-refractivity contribution in [2.45, 2.75) is 13.8 Å². The SMILES string of the molecule is CCN(O)CC.O=C([O-])[O-].[K+].[K+]. The molecule has 0 aromatic rings. The Morgan fingerprint density at radius 3 is 1.42 bits per heavy atom. The van der Waals surface area contributed by atoms with Gasteiger partial charge >= 0.3 is 103 Å². The first-order valence-electron chi connectivity index (χ1n) is 2.86. The number of carboxylic acid groups (broad SMARTS) is 2. The molecule has 0 aromatic carbocycles.